The smallest absolute Gasteiger partial charge is 0.146 e. The number of hydrogen-bond donors (Lipinski definition) is 1. The highest BCUT2D eigenvalue weighted by molar-refractivity contribution is 5.49. The SMILES string of the molecule is NCC1COCCN1c1ccccc1F. The summed E-state index contributed by atoms with van der Waals surface area (Å²) in [4.78, 5) is 1.98. The van der Waals surface area contributed by atoms with Gasteiger partial charge in [-0.25, -0.2) is 4.39 Å². The third-order valence-corrected chi connectivity index (χ3v) is 2.66. The van der Waals surface area contributed by atoms with Crippen LogP contribution in [0, 0.1) is 5.82 Å². The summed E-state index contributed by atoms with van der Waals surface area (Å²) in [6.45, 7) is 2.38. The van der Waals surface area contributed by atoms with E-state index in [4.69, 9.17) is 10.5 Å². The van der Waals surface area contributed by atoms with Gasteiger partial charge in [-0.2, -0.15) is 0 Å². The van der Waals surface area contributed by atoms with Gasteiger partial charge in [0.2, 0.25) is 0 Å². The van der Waals surface area contributed by atoms with Crippen LogP contribution in [0.25, 0.3) is 0 Å². The van der Waals surface area contributed by atoms with Gasteiger partial charge < -0.3 is 15.4 Å². The van der Waals surface area contributed by atoms with Crippen LogP contribution in [0.2, 0.25) is 0 Å². The summed E-state index contributed by atoms with van der Waals surface area (Å²) in [6, 6.07) is 6.86. The molecule has 3 nitrogen and oxygen atoms in total. The lowest BCUT2D eigenvalue weighted by Gasteiger charge is -2.36. The second-order valence-electron chi connectivity index (χ2n) is 3.61. The molecule has 0 radical (unpaired) electrons. The lowest BCUT2D eigenvalue weighted by atomic mass is 10.2. The average molecular weight is 210 g/mol. The van der Waals surface area contributed by atoms with Crippen LogP contribution in [0.5, 0.6) is 0 Å². The summed E-state index contributed by atoms with van der Waals surface area (Å²) in [5.74, 6) is -0.196. The predicted octanol–water partition coefficient (Wildman–Crippen LogP) is 0.990. The molecule has 1 aromatic rings. The number of nitrogens with two attached hydrogens (primary N) is 1. The van der Waals surface area contributed by atoms with Gasteiger partial charge in [-0.15, -0.1) is 0 Å². The summed E-state index contributed by atoms with van der Waals surface area (Å²) in [5, 5.41) is 0. The van der Waals surface area contributed by atoms with E-state index < -0.39 is 0 Å². The molecule has 0 aromatic heterocycles. The van der Waals surface area contributed by atoms with E-state index in [1.807, 2.05) is 11.0 Å². The molecule has 4 heteroatoms. The van der Waals surface area contributed by atoms with Crippen LogP contribution >= 0.6 is 0 Å². The lowest BCUT2D eigenvalue weighted by molar-refractivity contribution is 0.0959. The monoisotopic (exact) mass is 210 g/mol. The van der Waals surface area contributed by atoms with E-state index in [9.17, 15) is 4.39 Å². The molecule has 15 heavy (non-hydrogen) atoms. The maximum Gasteiger partial charge on any atom is 0.146 e. The van der Waals surface area contributed by atoms with E-state index >= 15 is 0 Å². The van der Waals surface area contributed by atoms with Crippen LogP contribution in [-0.2, 0) is 4.74 Å². The van der Waals surface area contributed by atoms with E-state index in [0.29, 0.717) is 32.0 Å². The molecule has 1 heterocycles. The molecule has 1 fully saturated rings. The lowest BCUT2D eigenvalue weighted by Crippen LogP contribution is -2.49. The van der Waals surface area contributed by atoms with Crippen LogP contribution in [0.15, 0.2) is 24.3 Å². The number of anilines is 1. The first-order valence-electron chi connectivity index (χ1n) is 5.12. The van der Waals surface area contributed by atoms with Crippen molar-refractivity contribution in [3.05, 3.63) is 30.1 Å². The Balaban J connectivity index is 2.24. The number of benzene rings is 1. The van der Waals surface area contributed by atoms with Crippen LogP contribution in [0.3, 0.4) is 0 Å². The number of nitrogens with zero attached hydrogens (tertiary/aromatic N) is 1. The first kappa shape index (κ1) is 10.4. The number of halogens is 1. The van der Waals surface area contributed by atoms with Gasteiger partial charge in [0, 0.05) is 13.1 Å². The van der Waals surface area contributed by atoms with Gasteiger partial charge in [0.25, 0.3) is 0 Å². The Hall–Kier alpha value is -1.13. The second kappa shape index (κ2) is 4.59. The zero-order valence-electron chi connectivity index (χ0n) is 8.53. The Bertz CT molecular complexity index is 332. The van der Waals surface area contributed by atoms with E-state index in [1.54, 1.807) is 12.1 Å². The van der Waals surface area contributed by atoms with E-state index in [1.165, 1.54) is 6.07 Å². The summed E-state index contributed by atoms with van der Waals surface area (Å²) in [7, 11) is 0. The fraction of sp³-hybridized carbons (Fsp3) is 0.455. The molecule has 1 saturated heterocycles. The Morgan fingerprint density at radius 2 is 2.27 bits per heavy atom. The molecule has 1 aliphatic heterocycles. The Morgan fingerprint density at radius 3 is 3.00 bits per heavy atom. The Labute approximate surface area is 88.6 Å². The molecule has 1 unspecified atom stereocenters. The average Bonchev–Trinajstić information content (AvgIpc) is 2.30. The predicted molar refractivity (Wildman–Crippen MR) is 57.4 cm³/mol. The molecule has 2 N–H and O–H groups in total. The van der Waals surface area contributed by atoms with Gasteiger partial charge in [0.1, 0.15) is 5.82 Å². The quantitative estimate of drug-likeness (QED) is 0.791. The molecular weight excluding hydrogens is 195 g/mol. The molecule has 0 aliphatic carbocycles. The van der Waals surface area contributed by atoms with Crippen molar-refractivity contribution in [3.63, 3.8) is 0 Å². The van der Waals surface area contributed by atoms with Crippen LogP contribution in [0.4, 0.5) is 10.1 Å². The molecule has 1 atom stereocenters. The number of morpholine rings is 1. The van der Waals surface area contributed by atoms with E-state index in [2.05, 4.69) is 0 Å². The summed E-state index contributed by atoms with van der Waals surface area (Å²) >= 11 is 0. The minimum Gasteiger partial charge on any atom is -0.377 e. The largest absolute Gasteiger partial charge is 0.377 e. The van der Waals surface area contributed by atoms with Crippen molar-refractivity contribution in [1.82, 2.24) is 0 Å². The minimum absolute atomic E-state index is 0.0793. The molecular formula is C11H15FN2O. The number of ether oxygens (including phenoxy) is 1. The third-order valence-electron chi connectivity index (χ3n) is 2.66. The van der Waals surface area contributed by atoms with Gasteiger partial charge in [0.15, 0.2) is 0 Å². The summed E-state index contributed by atoms with van der Waals surface area (Å²) in [5.41, 5.74) is 6.26. The van der Waals surface area contributed by atoms with Crippen molar-refractivity contribution in [2.24, 2.45) is 5.73 Å². The van der Waals surface area contributed by atoms with Crippen molar-refractivity contribution in [3.8, 4) is 0 Å². The summed E-state index contributed by atoms with van der Waals surface area (Å²) < 4.78 is 18.9. The van der Waals surface area contributed by atoms with Crippen LogP contribution in [-0.4, -0.2) is 32.3 Å². The maximum atomic E-state index is 13.6. The van der Waals surface area contributed by atoms with Crippen LogP contribution in [0.1, 0.15) is 0 Å². The number of hydrogen-bond acceptors (Lipinski definition) is 3. The molecule has 82 valence electrons. The van der Waals surface area contributed by atoms with Crippen molar-refractivity contribution >= 4 is 5.69 Å². The third kappa shape index (κ3) is 2.11. The highest BCUT2D eigenvalue weighted by atomic mass is 19.1. The zero-order chi connectivity index (χ0) is 10.7. The number of para-hydroxylation sites is 1. The van der Waals surface area contributed by atoms with Crippen molar-refractivity contribution < 1.29 is 9.13 Å². The molecule has 0 amide bonds. The highest BCUT2D eigenvalue weighted by Gasteiger charge is 2.23. The molecule has 0 saturated carbocycles. The van der Waals surface area contributed by atoms with Gasteiger partial charge in [-0.1, -0.05) is 12.1 Å². The topological polar surface area (TPSA) is 38.5 Å². The molecule has 2 rings (SSSR count). The molecule has 1 aromatic carbocycles. The van der Waals surface area contributed by atoms with Gasteiger partial charge in [-0.05, 0) is 12.1 Å². The summed E-state index contributed by atoms with van der Waals surface area (Å²) in [6.07, 6.45) is 0. The normalized spacial score (nSPS) is 21.7. The maximum absolute atomic E-state index is 13.6. The van der Waals surface area contributed by atoms with Gasteiger partial charge in [0.05, 0.1) is 24.9 Å². The highest BCUT2D eigenvalue weighted by Crippen LogP contribution is 2.22. The first-order chi connectivity index (χ1) is 7.33. The van der Waals surface area contributed by atoms with Gasteiger partial charge >= 0.3 is 0 Å². The molecule has 0 spiro atoms. The van der Waals surface area contributed by atoms with Gasteiger partial charge in [-0.3, -0.25) is 0 Å². The van der Waals surface area contributed by atoms with Crippen molar-refractivity contribution in [2.75, 3.05) is 31.2 Å². The molecule has 1 aliphatic rings. The first-order valence-corrected chi connectivity index (χ1v) is 5.12. The fourth-order valence-corrected chi connectivity index (χ4v) is 1.85. The number of rotatable bonds is 2. The Kier molecular flexibility index (Phi) is 3.18. The van der Waals surface area contributed by atoms with Crippen molar-refractivity contribution in [2.45, 2.75) is 6.04 Å². The van der Waals surface area contributed by atoms with Crippen molar-refractivity contribution in [1.29, 1.82) is 0 Å². The van der Waals surface area contributed by atoms with E-state index in [-0.39, 0.29) is 11.9 Å². The van der Waals surface area contributed by atoms with E-state index in [0.717, 1.165) is 0 Å². The minimum atomic E-state index is -0.196. The zero-order valence-corrected chi connectivity index (χ0v) is 8.53. The second-order valence-corrected chi connectivity index (χ2v) is 3.61. The molecule has 0 bridgehead atoms. The Morgan fingerprint density at radius 1 is 1.47 bits per heavy atom. The standard InChI is InChI=1S/C11H15FN2O/c12-10-3-1-2-4-11(10)14-5-6-15-8-9(14)7-13/h1-4,9H,5-8,13H2. The fourth-order valence-electron chi connectivity index (χ4n) is 1.85. The van der Waals surface area contributed by atoms with Crippen LogP contribution < -0.4 is 10.6 Å².